The van der Waals surface area contributed by atoms with Crippen LogP contribution in [0.15, 0.2) is 0 Å². The molecule has 0 bridgehead atoms. The summed E-state index contributed by atoms with van der Waals surface area (Å²) >= 11 is 1.72. The van der Waals surface area contributed by atoms with Crippen molar-refractivity contribution >= 4 is 16.3 Å². The first-order valence-electron chi connectivity index (χ1n) is 4.60. The van der Waals surface area contributed by atoms with Crippen LogP contribution < -0.4 is 5.73 Å². The summed E-state index contributed by atoms with van der Waals surface area (Å²) in [4.78, 5) is 4.63. The van der Waals surface area contributed by atoms with E-state index in [2.05, 4.69) is 4.98 Å². The second-order valence-corrected chi connectivity index (χ2v) is 4.91. The molecule has 1 aromatic rings. The van der Waals surface area contributed by atoms with Gasteiger partial charge in [0.25, 0.3) is 0 Å². The molecule has 2 saturated carbocycles. The normalized spacial score (nSPS) is 23.0. The van der Waals surface area contributed by atoms with Crippen molar-refractivity contribution < 1.29 is 0 Å². The molecule has 64 valence electrons. The van der Waals surface area contributed by atoms with Gasteiger partial charge in [-0.3, -0.25) is 0 Å². The minimum Gasteiger partial charge on any atom is -0.389 e. The smallest absolute Gasteiger partial charge is 0.110 e. The summed E-state index contributed by atoms with van der Waals surface area (Å²) in [7, 11) is 0. The number of rotatable bonds is 2. The Morgan fingerprint density at radius 1 is 1.17 bits per heavy atom. The van der Waals surface area contributed by atoms with Gasteiger partial charge in [0.15, 0.2) is 0 Å². The molecule has 0 spiro atoms. The fraction of sp³-hybridized carbons (Fsp3) is 0.667. The van der Waals surface area contributed by atoms with Crippen LogP contribution in [0.1, 0.15) is 48.2 Å². The van der Waals surface area contributed by atoms with E-state index in [-0.39, 0.29) is 0 Å². The van der Waals surface area contributed by atoms with Crippen LogP contribution >= 0.6 is 11.3 Å². The molecule has 0 aromatic carbocycles. The number of hydrogen-bond donors (Lipinski definition) is 1. The van der Waals surface area contributed by atoms with Crippen LogP contribution in [0, 0.1) is 0 Å². The Hall–Kier alpha value is -0.570. The van der Waals surface area contributed by atoms with E-state index in [0.717, 1.165) is 10.9 Å². The fourth-order valence-electron chi connectivity index (χ4n) is 1.52. The Kier molecular flexibility index (Phi) is 1.28. The van der Waals surface area contributed by atoms with Crippen LogP contribution in [0.3, 0.4) is 0 Å². The lowest BCUT2D eigenvalue weighted by atomic mass is 10.3. The lowest BCUT2D eigenvalue weighted by Gasteiger charge is -1.89. The molecule has 2 N–H and O–H groups in total. The maximum absolute atomic E-state index is 5.90. The molecule has 1 heterocycles. The van der Waals surface area contributed by atoms with Gasteiger partial charge in [-0.2, -0.15) is 0 Å². The molecule has 3 heteroatoms. The molecule has 0 saturated heterocycles. The molecule has 2 fully saturated rings. The number of nitrogen functional groups attached to an aromatic ring is 1. The maximum atomic E-state index is 5.90. The van der Waals surface area contributed by atoms with Crippen LogP contribution in [0.25, 0.3) is 0 Å². The van der Waals surface area contributed by atoms with Crippen LogP contribution in [0.5, 0.6) is 0 Å². The predicted molar refractivity (Wildman–Crippen MR) is 50.5 cm³/mol. The molecule has 2 aliphatic rings. The third-order valence-corrected chi connectivity index (χ3v) is 3.65. The summed E-state index contributed by atoms with van der Waals surface area (Å²) in [6.07, 6.45) is 5.27. The quantitative estimate of drug-likeness (QED) is 0.759. The lowest BCUT2D eigenvalue weighted by Crippen LogP contribution is -1.87. The molecule has 0 atom stereocenters. The number of thiazole rings is 1. The van der Waals surface area contributed by atoms with Crippen molar-refractivity contribution in [2.24, 2.45) is 0 Å². The van der Waals surface area contributed by atoms with Gasteiger partial charge in [-0.1, -0.05) is 0 Å². The topological polar surface area (TPSA) is 38.9 Å². The van der Waals surface area contributed by atoms with Crippen LogP contribution in [0.4, 0.5) is 5.00 Å². The Bertz CT molecular complexity index is 310. The van der Waals surface area contributed by atoms with Gasteiger partial charge in [0.05, 0.1) is 10.7 Å². The van der Waals surface area contributed by atoms with E-state index in [9.17, 15) is 0 Å². The second kappa shape index (κ2) is 2.22. The van der Waals surface area contributed by atoms with E-state index in [0.29, 0.717) is 5.92 Å². The van der Waals surface area contributed by atoms with Gasteiger partial charge in [-0.25, -0.2) is 4.98 Å². The van der Waals surface area contributed by atoms with E-state index in [1.54, 1.807) is 11.3 Å². The average Bonchev–Trinajstić information content (AvgIpc) is 2.93. The van der Waals surface area contributed by atoms with Crippen molar-refractivity contribution in [3.63, 3.8) is 0 Å². The summed E-state index contributed by atoms with van der Waals surface area (Å²) in [6, 6.07) is 0. The molecule has 0 aliphatic heterocycles. The van der Waals surface area contributed by atoms with E-state index >= 15 is 0 Å². The van der Waals surface area contributed by atoms with Crippen molar-refractivity contribution in [1.29, 1.82) is 0 Å². The highest BCUT2D eigenvalue weighted by molar-refractivity contribution is 7.15. The van der Waals surface area contributed by atoms with Gasteiger partial charge in [0.1, 0.15) is 5.00 Å². The summed E-state index contributed by atoms with van der Waals surface area (Å²) in [5.41, 5.74) is 7.11. The highest BCUT2D eigenvalue weighted by atomic mass is 32.1. The molecule has 0 amide bonds. The number of nitrogens with zero attached hydrogens (tertiary/aromatic N) is 1. The first kappa shape index (κ1) is 6.89. The largest absolute Gasteiger partial charge is 0.389 e. The molecule has 2 nitrogen and oxygen atoms in total. The highest BCUT2D eigenvalue weighted by Gasteiger charge is 2.33. The summed E-state index contributed by atoms with van der Waals surface area (Å²) < 4.78 is 0. The highest BCUT2D eigenvalue weighted by Crippen LogP contribution is 2.48. The van der Waals surface area contributed by atoms with E-state index < -0.39 is 0 Å². The minimum absolute atomic E-state index is 0.716. The van der Waals surface area contributed by atoms with E-state index in [1.165, 1.54) is 36.4 Å². The number of aromatic nitrogens is 1. The molecular weight excluding hydrogens is 168 g/mol. The Morgan fingerprint density at radius 2 is 1.83 bits per heavy atom. The first-order chi connectivity index (χ1) is 5.84. The molecule has 3 rings (SSSR count). The zero-order valence-corrected chi connectivity index (χ0v) is 7.73. The van der Waals surface area contributed by atoms with Crippen LogP contribution in [-0.4, -0.2) is 4.98 Å². The van der Waals surface area contributed by atoms with Crippen molar-refractivity contribution in [3.8, 4) is 0 Å². The average molecular weight is 180 g/mol. The third-order valence-electron chi connectivity index (χ3n) is 2.59. The maximum Gasteiger partial charge on any atom is 0.110 e. The number of hydrogen-bond acceptors (Lipinski definition) is 3. The van der Waals surface area contributed by atoms with E-state index in [1.807, 2.05) is 0 Å². The minimum atomic E-state index is 0.716. The molecule has 0 unspecified atom stereocenters. The first-order valence-corrected chi connectivity index (χ1v) is 5.42. The van der Waals surface area contributed by atoms with Crippen LogP contribution in [0.2, 0.25) is 0 Å². The standard InChI is InChI=1S/C9H12N2S/c10-8-7(5-1-2-5)11-9(12-8)6-3-4-6/h5-6H,1-4,10H2. The Balaban J connectivity index is 1.96. The van der Waals surface area contributed by atoms with Crippen molar-refractivity contribution in [2.75, 3.05) is 5.73 Å². The number of anilines is 1. The molecular formula is C9H12N2S. The summed E-state index contributed by atoms with van der Waals surface area (Å²) in [6.45, 7) is 0. The Labute approximate surface area is 75.8 Å². The van der Waals surface area contributed by atoms with Gasteiger partial charge in [0.2, 0.25) is 0 Å². The zero-order chi connectivity index (χ0) is 8.13. The zero-order valence-electron chi connectivity index (χ0n) is 6.92. The van der Waals surface area contributed by atoms with Crippen LogP contribution in [-0.2, 0) is 0 Å². The van der Waals surface area contributed by atoms with Crippen molar-refractivity contribution in [3.05, 3.63) is 10.7 Å². The van der Waals surface area contributed by atoms with Gasteiger partial charge < -0.3 is 5.73 Å². The molecule has 0 radical (unpaired) electrons. The molecule has 1 aromatic heterocycles. The van der Waals surface area contributed by atoms with Gasteiger partial charge >= 0.3 is 0 Å². The van der Waals surface area contributed by atoms with Gasteiger partial charge in [0, 0.05) is 11.8 Å². The number of nitrogens with two attached hydrogens (primary N) is 1. The fourth-order valence-corrected chi connectivity index (χ4v) is 2.60. The van der Waals surface area contributed by atoms with E-state index in [4.69, 9.17) is 5.73 Å². The molecule has 12 heavy (non-hydrogen) atoms. The monoisotopic (exact) mass is 180 g/mol. The third kappa shape index (κ3) is 1.04. The summed E-state index contributed by atoms with van der Waals surface area (Å²) in [5, 5.41) is 2.29. The van der Waals surface area contributed by atoms with Gasteiger partial charge in [-0.05, 0) is 25.7 Å². The second-order valence-electron chi connectivity index (χ2n) is 3.85. The molecule has 2 aliphatic carbocycles. The van der Waals surface area contributed by atoms with Crippen molar-refractivity contribution in [2.45, 2.75) is 37.5 Å². The predicted octanol–water partition coefficient (Wildman–Crippen LogP) is 2.48. The Morgan fingerprint density at radius 3 is 2.42 bits per heavy atom. The SMILES string of the molecule is Nc1sc(C2CC2)nc1C1CC1. The van der Waals surface area contributed by atoms with Gasteiger partial charge in [-0.15, -0.1) is 11.3 Å². The van der Waals surface area contributed by atoms with Crippen molar-refractivity contribution in [1.82, 2.24) is 4.98 Å². The summed E-state index contributed by atoms with van der Waals surface area (Å²) in [5.74, 6) is 1.48. The lowest BCUT2D eigenvalue weighted by molar-refractivity contribution is 0.990.